The normalized spacial score (nSPS) is 21.8. The molecular weight excluding hydrogens is 268 g/mol. The number of nitrogens with one attached hydrogen (secondary N) is 1. The van der Waals surface area contributed by atoms with Crippen LogP contribution < -0.4 is 5.32 Å². The van der Waals surface area contributed by atoms with E-state index in [0.29, 0.717) is 6.54 Å². The molecule has 2 rings (SSSR count). The van der Waals surface area contributed by atoms with Crippen LogP contribution in [0.1, 0.15) is 53.4 Å². The molecule has 5 nitrogen and oxygen atoms in total. The Labute approximate surface area is 127 Å². The molecule has 0 radical (unpaired) electrons. The van der Waals surface area contributed by atoms with E-state index in [9.17, 15) is 9.59 Å². The topological polar surface area (TPSA) is 58.6 Å². The molecule has 2 aliphatic rings. The minimum absolute atomic E-state index is 0.179. The van der Waals surface area contributed by atoms with E-state index in [-0.39, 0.29) is 23.3 Å². The molecule has 1 aliphatic carbocycles. The van der Waals surface area contributed by atoms with Gasteiger partial charge in [0.25, 0.3) is 0 Å². The zero-order valence-corrected chi connectivity index (χ0v) is 13.7. The Morgan fingerprint density at radius 3 is 2.29 bits per heavy atom. The Kier molecular flexibility index (Phi) is 4.49. The van der Waals surface area contributed by atoms with Gasteiger partial charge in [-0.2, -0.15) is 0 Å². The Morgan fingerprint density at radius 2 is 1.81 bits per heavy atom. The van der Waals surface area contributed by atoms with Crippen molar-refractivity contribution >= 4 is 12.0 Å². The number of carbonyl (C=O) groups excluding carboxylic acids is 2. The molecule has 1 spiro atoms. The van der Waals surface area contributed by atoms with Crippen molar-refractivity contribution < 1.29 is 14.3 Å². The van der Waals surface area contributed by atoms with Gasteiger partial charge in [-0.3, -0.25) is 4.79 Å². The molecule has 120 valence electrons. The van der Waals surface area contributed by atoms with Crippen molar-refractivity contribution in [2.45, 2.75) is 59.0 Å². The van der Waals surface area contributed by atoms with E-state index >= 15 is 0 Å². The van der Waals surface area contributed by atoms with Gasteiger partial charge in [-0.15, -0.1) is 0 Å². The molecule has 0 unspecified atom stereocenters. The molecule has 0 atom stereocenters. The lowest BCUT2D eigenvalue weighted by molar-refractivity contribution is -0.134. The SMILES string of the molecule is CCNC(=O)C1CC2(CCN(C(=O)OC(C)(C)C)CC2)C1. The minimum Gasteiger partial charge on any atom is -0.444 e. The first-order valence-corrected chi connectivity index (χ1v) is 8.00. The molecule has 1 N–H and O–H groups in total. The fourth-order valence-electron chi connectivity index (χ4n) is 3.39. The van der Waals surface area contributed by atoms with E-state index in [1.807, 2.05) is 27.7 Å². The van der Waals surface area contributed by atoms with E-state index in [1.54, 1.807) is 4.90 Å². The lowest BCUT2D eigenvalue weighted by Gasteiger charge is -2.51. The number of ether oxygens (including phenoxy) is 1. The minimum atomic E-state index is -0.438. The third kappa shape index (κ3) is 3.89. The summed E-state index contributed by atoms with van der Waals surface area (Å²) in [4.78, 5) is 25.6. The number of carbonyl (C=O) groups is 2. The highest BCUT2D eigenvalue weighted by atomic mass is 16.6. The Morgan fingerprint density at radius 1 is 1.24 bits per heavy atom. The van der Waals surface area contributed by atoms with Crippen molar-refractivity contribution in [1.29, 1.82) is 0 Å². The van der Waals surface area contributed by atoms with Crippen LogP contribution in [0.25, 0.3) is 0 Å². The van der Waals surface area contributed by atoms with Gasteiger partial charge in [-0.25, -0.2) is 4.79 Å². The predicted octanol–water partition coefficient (Wildman–Crippen LogP) is 2.55. The van der Waals surface area contributed by atoms with Gasteiger partial charge in [0.15, 0.2) is 0 Å². The molecule has 0 aromatic rings. The van der Waals surface area contributed by atoms with Crippen LogP contribution in [0.4, 0.5) is 4.79 Å². The molecular formula is C16H28N2O3. The molecule has 0 aromatic carbocycles. The van der Waals surface area contributed by atoms with Gasteiger partial charge in [0.2, 0.25) is 5.91 Å². The van der Waals surface area contributed by atoms with Gasteiger partial charge in [-0.05, 0) is 58.8 Å². The zero-order chi connectivity index (χ0) is 15.7. The van der Waals surface area contributed by atoms with Gasteiger partial charge in [0, 0.05) is 25.6 Å². The Hall–Kier alpha value is -1.26. The molecule has 1 saturated heterocycles. The third-order valence-corrected chi connectivity index (χ3v) is 4.56. The number of rotatable bonds is 2. The van der Waals surface area contributed by atoms with E-state index < -0.39 is 5.60 Å². The van der Waals surface area contributed by atoms with E-state index in [1.165, 1.54) is 0 Å². The maximum absolute atomic E-state index is 12.0. The smallest absolute Gasteiger partial charge is 0.410 e. The quantitative estimate of drug-likeness (QED) is 0.852. The summed E-state index contributed by atoms with van der Waals surface area (Å²) in [7, 11) is 0. The van der Waals surface area contributed by atoms with Crippen molar-refractivity contribution in [3.8, 4) is 0 Å². The average Bonchev–Trinajstić information content (AvgIpc) is 2.34. The highest BCUT2D eigenvalue weighted by molar-refractivity contribution is 5.79. The highest BCUT2D eigenvalue weighted by Gasteiger charge is 2.49. The summed E-state index contributed by atoms with van der Waals surface area (Å²) < 4.78 is 5.41. The number of nitrogens with zero attached hydrogens (tertiary/aromatic N) is 1. The fourth-order valence-corrected chi connectivity index (χ4v) is 3.39. The molecule has 0 aromatic heterocycles. The monoisotopic (exact) mass is 296 g/mol. The Balaban J connectivity index is 1.77. The molecule has 0 bridgehead atoms. The first-order valence-electron chi connectivity index (χ1n) is 8.00. The van der Waals surface area contributed by atoms with Crippen molar-refractivity contribution in [1.82, 2.24) is 10.2 Å². The molecule has 1 saturated carbocycles. The van der Waals surface area contributed by atoms with E-state index in [2.05, 4.69) is 5.32 Å². The highest BCUT2D eigenvalue weighted by Crippen LogP contribution is 2.52. The van der Waals surface area contributed by atoms with Gasteiger partial charge < -0.3 is 15.0 Å². The van der Waals surface area contributed by atoms with Gasteiger partial charge >= 0.3 is 6.09 Å². The van der Waals surface area contributed by atoms with Crippen LogP contribution in [0, 0.1) is 11.3 Å². The standard InChI is InChI=1S/C16H28N2O3/c1-5-17-13(19)12-10-16(11-12)6-8-18(9-7-16)14(20)21-15(2,3)4/h12H,5-11H2,1-4H3,(H,17,19). The lowest BCUT2D eigenvalue weighted by atomic mass is 9.57. The summed E-state index contributed by atoms with van der Waals surface area (Å²) in [5.41, 5.74) is -0.152. The van der Waals surface area contributed by atoms with Crippen LogP contribution in [0.5, 0.6) is 0 Å². The molecule has 5 heteroatoms. The van der Waals surface area contributed by atoms with Crippen LogP contribution in [-0.4, -0.2) is 42.1 Å². The maximum Gasteiger partial charge on any atom is 0.410 e. The number of amides is 2. The second kappa shape index (κ2) is 5.85. The third-order valence-electron chi connectivity index (χ3n) is 4.56. The molecule has 21 heavy (non-hydrogen) atoms. The molecule has 1 heterocycles. The van der Waals surface area contributed by atoms with Crippen LogP contribution in [0.3, 0.4) is 0 Å². The van der Waals surface area contributed by atoms with E-state index in [0.717, 1.165) is 38.8 Å². The molecule has 2 fully saturated rings. The van der Waals surface area contributed by atoms with Gasteiger partial charge in [0.05, 0.1) is 0 Å². The van der Waals surface area contributed by atoms with Crippen LogP contribution in [0.2, 0.25) is 0 Å². The number of piperidine rings is 1. The predicted molar refractivity (Wildman–Crippen MR) is 80.9 cm³/mol. The van der Waals surface area contributed by atoms with Crippen LogP contribution >= 0.6 is 0 Å². The maximum atomic E-state index is 12.0. The van der Waals surface area contributed by atoms with Crippen molar-refractivity contribution in [2.24, 2.45) is 11.3 Å². The summed E-state index contributed by atoms with van der Waals surface area (Å²) in [6, 6.07) is 0. The summed E-state index contributed by atoms with van der Waals surface area (Å²) in [6.07, 6.45) is 3.71. The summed E-state index contributed by atoms with van der Waals surface area (Å²) in [5.74, 6) is 0.371. The summed E-state index contributed by atoms with van der Waals surface area (Å²) in [6.45, 7) is 9.81. The largest absolute Gasteiger partial charge is 0.444 e. The number of hydrogen-bond donors (Lipinski definition) is 1. The second-order valence-electron chi connectivity index (χ2n) is 7.47. The zero-order valence-electron chi connectivity index (χ0n) is 13.7. The van der Waals surface area contributed by atoms with Crippen LogP contribution in [-0.2, 0) is 9.53 Å². The van der Waals surface area contributed by atoms with Crippen molar-refractivity contribution in [3.63, 3.8) is 0 Å². The summed E-state index contributed by atoms with van der Waals surface area (Å²) >= 11 is 0. The second-order valence-corrected chi connectivity index (χ2v) is 7.47. The van der Waals surface area contributed by atoms with Crippen LogP contribution in [0.15, 0.2) is 0 Å². The van der Waals surface area contributed by atoms with E-state index in [4.69, 9.17) is 4.74 Å². The Bertz CT molecular complexity index is 398. The first kappa shape index (κ1) is 16.1. The van der Waals surface area contributed by atoms with Crippen molar-refractivity contribution in [3.05, 3.63) is 0 Å². The fraction of sp³-hybridized carbons (Fsp3) is 0.875. The lowest BCUT2D eigenvalue weighted by Crippen LogP contribution is -2.52. The van der Waals surface area contributed by atoms with Gasteiger partial charge in [0.1, 0.15) is 5.60 Å². The van der Waals surface area contributed by atoms with Gasteiger partial charge in [-0.1, -0.05) is 0 Å². The van der Waals surface area contributed by atoms with Crippen molar-refractivity contribution in [2.75, 3.05) is 19.6 Å². The summed E-state index contributed by atoms with van der Waals surface area (Å²) in [5, 5.41) is 2.90. The number of hydrogen-bond acceptors (Lipinski definition) is 3. The average molecular weight is 296 g/mol. The molecule has 2 amide bonds. The number of likely N-dealkylation sites (tertiary alicyclic amines) is 1. The first-order chi connectivity index (χ1) is 9.75. The molecule has 1 aliphatic heterocycles.